The molecule has 0 amide bonds. The van der Waals surface area contributed by atoms with Crippen LogP contribution in [0.1, 0.15) is 35.3 Å². The van der Waals surface area contributed by atoms with E-state index in [1.165, 1.54) is 16.7 Å². The second kappa shape index (κ2) is 5.29. The van der Waals surface area contributed by atoms with Crippen LogP contribution in [0, 0.1) is 6.92 Å². The normalized spacial score (nSPS) is 18.4. The number of hydrogen-bond acceptors (Lipinski definition) is 2. The van der Waals surface area contributed by atoms with Gasteiger partial charge in [-0.1, -0.05) is 30.3 Å². The molecule has 20 heavy (non-hydrogen) atoms. The van der Waals surface area contributed by atoms with E-state index in [1.54, 1.807) is 0 Å². The fourth-order valence-corrected chi connectivity index (χ4v) is 2.81. The summed E-state index contributed by atoms with van der Waals surface area (Å²) in [4.78, 5) is 0. The topological polar surface area (TPSA) is 29.5 Å². The molecule has 0 spiro atoms. The van der Waals surface area contributed by atoms with Crippen LogP contribution in [-0.2, 0) is 12.8 Å². The summed E-state index contributed by atoms with van der Waals surface area (Å²) in [5, 5.41) is 10.5. The van der Waals surface area contributed by atoms with E-state index in [0.717, 1.165) is 17.7 Å². The lowest BCUT2D eigenvalue weighted by molar-refractivity contribution is 0.178. The minimum atomic E-state index is -0.461. The molecule has 0 fully saturated rings. The van der Waals surface area contributed by atoms with Crippen molar-refractivity contribution in [2.24, 2.45) is 0 Å². The van der Waals surface area contributed by atoms with Crippen LogP contribution in [0.2, 0.25) is 0 Å². The highest BCUT2D eigenvalue weighted by atomic mass is 16.5. The summed E-state index contributed by atoms with van der Waals surface area (Å²) in [6, 6.07) is 14.3. The molecule has 0 bridgehead atoms. The summed E-state index contributed by atoms with van der Waals surface area (Å²) in [7, 11) is 0. The van der Waals surface area contributed by atoms with Crippen LogP contribution in [-0.4, -0.2) is 11.2 Å². The minimum absolute atomic E-state index is 0.244. The van der Waals surface area contributed by atoms with E-state index in [-0.39, 0.29) is 6.10 Å². The van der Waals surface area contributed by atoms with Crippen molar-refractivity contribution in [1.29, 1.82) is 0 Å². The molecule has 0 saturated heterocycles. The second-order valence-electron chi connectivity index (χ2n) is 5.65. The van der Waals surface area contributed by atoms with Crippen molar-refractivity contribution < 1.29 is 9.84 Å². The molecule has 0 aromatic heterocycles. The van der Waals surface area contributed by atoms with Gasteiger partial charge in [0.25, 0.3) is 0 Å². The quantitative estimate of drug-likeness (QED) is 0.921. The van der Waals surface area contributed by atoms with Gasteiger partial charge in [0.05, 0.1) is 6.10 Å². The van der Waals surface area contributed by atoms with E-state index >= 15 is 0 Å². The zero-order valence-electron chi connectivity index (χ0n) is 12.0. The molecule has 2 heteroatoms. The molecule has 1 heterocycles. The van der Waals surface area contributed by atoms with Gasteiger partial charge < -0.3 is 9.84 Å². The van der Waals surface area contributed by atoms with E-state index in [1.807, 2.05) is 24.3 Å². The van der Waals surface area contributed by atoms with Crippen molar-refractivity contribution in [3.8, 4) is 5.75 Å². The largest absolute Gasteiger partial charge is 0.490 e. The third kappa shape index (κ3) is 2.56. The molecule has 104 valence electrons. The average Bonchev–Trinajstić information content (AvgIpc) is 2.80. The van der Waals surface area contributed by atoms with Crippen LogP contribution in [0.15, 0.2) is 42.5 Å². The number of fused-ring (bicyclic) bond motifs is 1. The van der Waals surface area contributed by atoms with Crippen LogP contribution in [0.25, 0.3) is 0 Å². The van der Waals surface area contributed by atoms with Crippen LogP contribution in [0.5, 0.6) is 5.75 Å². The Morgan fingerprint density at radius 3 is 2.85 bits per heavy atom. The summed E-state index contributed by atoms with van der Waals surface area (Å²) < 4.78 is 5.70. The van der Waals surface area contributed by atoms with E-state index in [2.05, 4.69) is 32.0 Å². The molecule has 2 nitrogen and oxygen atoms in total. The van der Waals surface area contributed by atoms with Crippen molar-refractivity contribution in [3.05, 3.63) is 64.7 Å². The van der Waals surface area contributed by atoms with Crippen molar-refractivity contribution >= 4 is 0 Å². The number of benzene rings is 2. The molecule has 2 aromatic carbocycles. The monoisotopic (exact) mass is 268 g/mol. The fraction of sp³-hybridized carbons (Fsp3) is 0.333. The molecular weight excluding hydrogens is 248 g/mol. The van der Waals surface area contributed by atoms with Gasteiger partial charge in [-0.25, -0.2) is 0 Å². The van der Waals surface area contributed by atoms with E-state index in [4.69, 9.17) is 4.74 Å². The molecule has 2 atom stereocenters. The van der Waals surface area contributed by atoms with Gasteiger partial charge in [0.15, 0.2) is 0 Å². The minimum Gasteiger partial charge on any atom is -0.490 e. The van der Waals surface area contributed by atoms with Gasteiger partial charge in [0, 0.05) is 12.8 Å². The molecule has 2 unspecified atom stereocenters. The summed E-state index contributed by atoms with van der Waals surface area (Å²) in [6.07, 6.45) is 1.37. The number of rotatable bonds is 3. The standard InChI is InChI=1S/C18H20O2/c1-12-5-3-4-6-14(12)11-17(19)15-7-8-18-16(10-15)9-13(2)20-18/h3-8,10,13,17,19H,9,11H2,1-2H3. The van der Waals surface area contributed by atoms with Gasteiger partial charge in [0.1, 0.15) is 11.9 Å². The van der Waals surface area contributed by atoms with E-state index in [0.29, 0.717) is 6.42 Å². The fourth-order valence-electron chi connectivity index (χ4n) is 2.81. The van der Waals surface area contributed by atoms with Crippen LogP contribution < -0.4 is 4.74 Å². The summed E-state index contributed by atoms with van der Waals surface area (Å²) in [5.41, 5.74) is 4.61. The highest BCUT2D eigenvalue weighted by Crippen LogP contribution is 2.32. The summed E-state index contributed by atoms with van der Waals surface area (Å²) >= 11 is 0. The maximum atomic E-state index is 10.5. The number of aryl methyl sites for hydroxylation is 1. The summed E-state index contributed by atoms with van der Waals surface area (Å²) in [6.45, 7) is 4.16. The first-order chi connectivity index (χ1) is 9.63. The molecular formula is C18H20O2. The first kappa shape index (κ1) is 13.2. The van der Waals surface area contributed by atoms with Gasteiger partial charge in [-0.15, -0.1) is 0 Å². The van der Waals surface area contributed by atoms with Crippen molar-refractivity contribution in [1.82, 2.24) is 0 Å². The van der Waals surface area contributed by atoms with Crippen LogP contribution in [0.4, 0.5) is 0 Å². The number of hydrogen-bond donors (Lipinski definition) is 1. The van der Waals surface area contributed by atoms with Crippen molar-refractivity contribution in [3.63, 3.8) is 0 Å². The Morgan fingerprint density at radius 2 is 2.05 bits per heavy atom. The Bertz CT molecular complexity index is 619. The number of aliphatic hydroxyl groups excluding tert-OH is 1. The first-order valence-corrected chi connectivity index (χ1v) is 7.15. The highest BCUT2D eigenvalue weighted by molar-refractivity contribution is 5.41. The molecule has 1 aliphatic rings. The second-order valence-corrected chi connectivity index (χ2v) is 5.65. The maximum Gasteiger partial charge on any atom is 0.123 e. The molecule has 0 radical (unpaired) electrons. The molecule has 1 aliphatic heterocycles. The Kier molecular flexibility index (Phi) is 3.49. The Morgan fingerprint density at radius 1 is 1.25 bits per heavy atom. The van der Waals surface area contributed by atoms with Crippen LogP contribution in [0.3, 0.4) is 0 Å². The number of aliphatic hydroxyl groups is 1. The first-order valence-electron chi connectivity index (χ1n) is 7.15. The third-order valence-electron chi connectivity index (χ3n) is 3.98. The molecule has 2 aromatic rings. The Balaban J connectivity index is 1.80. The number of ether oxygens (including phenoxy) is 1. The predicted molar refractivity (Wildman–Crippen MR) is 80.1 cm³/mol. The Hall–Kier alpha value is -1.80. The molecule has 0 saturated carbocycles. The molecule has 3 rings (SSSR count). The average molecular weight is 268 g/mol. The SMILES string of the molecule is Cc1ccccc1CC(O)c1ccc2c(c1)CC(C)O2. The third-order valence-corrected chi connectivity index (χ3v) is 3.98. The van der Waals surface area contributed by atoms with Gasteiger partial charge in [-0.05, 0) is 48.2 Å². The van der Waals surface area contributed by atoms with Gasteiger partial charge in [0.2, 0.25) is 0 Å². The highest BCUT2D eigenvalue weighted by Gasteiger charge is 2.20. The molecule has 0 aliphatic carbocycles. The zero-order chi connectivity index (χ0) is 14.1. The molecule has 1 N–H and O–H groups in total. The van der Waals surface area contributed by atoms with Gasteiger partial charge in [-0.3, -0.25) is 0 Å². The predicted octanol–water partition coefficient (Wildman–Crippen LogP) is 3.59. The van der Waals surface area contributed by atoms with Gasteiger partial charge in [-0.2, -0.15) is 0 Å². The van der Waals surface area contributed by atoms with Crippen LogP contribution >= 0.6 is 0 Å². The lowest BCUT2D eigenvalue weighted by Crippen LogP contribution is -2.05. The van der Waals surface area contributed by atoms with E-state index in [9.17, 15) is 5.11 Å². The lowest BCUT2D eigenvalue weighted by atomic mass is 9.96. The van der Waals surface area contributed by atoms with Gasteiger partial charge >= 0.3 is 0 Å². The van der Waals surface area contributed by atoms with Crippen molar-refractivity contribution in [2.75, 3.05) is 0 Å². The zero-order valence-corrected chi connectivity index (χ0v) is 12.0. The van der Waals surface area contributed by atoms with E-state index < -0.39 is 6.10 Å². The summed E-state index contributed by atoms with van der Waals surface area (Å²) in [5.74, 6) is 0.962. The Labute approximate surface area is 120 Å². The lowest BCUT2D eigenvalue weighted by Gasteiger charge is -2.13. The van der Waals surface area contributed by atoms with Crippen molar-refractivity contribution in [2.45, 2.75) is 38.9 Å². The smallest absolute Gasteiger partial charge is 0.123 e. The maximum absolute atomic E-state index is 10.5.